The molecule has 2 aromatic rings. The van der Waals surface area contributed by atoms with Gasteiger partial charge in [0, 0.05) is 19.1 Å². The van der Waals surface area contributed by atoms with Crippen LogP contribution in [-0.2, 0) is 16.0 Å². The Bertz CT molecular complexity index is 1150. The summed E-state index contributed by atoms with van der Waals surface area (Å²) in [4.78, 5) is 56.2. The molecule has 3 atom stereocenters. The number of hydrogen-bond donors (Lipinski definition) is 2. The van der Waals surface area contributed by atoms with Crippen LogP contribution in [0.4, 0.5) is 0 Å². The highest BCUT2D eigenvalue weighted by Crippen LogP contribution is 2.47. The minimum absolute atomic E-state index is 0.0723. The minimum atomic E-state index is -1.04. The summed E-state index contributed by atoms with van der Waals surface area (Å²) in [6.45, 7) is 6.76. The summed E-state index contributed by atoms with van der Waals surface area (Å²) in [5.74, 6) is -2.38. The van der Waals surface area contributed by atoms with Crippen molar-refractivity contribution in [3.05, 3.63) is 71.3 Å². The fourth-order valence-electron chi connectivity index (χ4n) is 6.08. The number of likely N-dealkylation sites (tertiary alicyclic amines) is 1. The van der Waals surface area contributed by atoms with Gasteiger partial charge in [-0.05, 0) is 56.2 Å². The molecular weight excluding hydrogens is 470 g/mol. The van der Waals surface area contributed by atoms with Crippen molar-refractivity contribution in [2.24, 2.45) is 17.3 Å². The molecule has 3 unspecified atom stereocenters. The van der Waals surface area contributed by atoms with Gasteiger partial charge in [0.2, 0.25) is 11.8 Å². The highest BCUT2D eigenvalue weighted by molar-refractivity contribution is 6.21. The van der Waals surface area contributed by atoms with Gasteiger partial charge in [0.25, 0.3) is 11.8 Å². The van der Waals surface area contributed by atoms with Gasteiger partial charge >= 0.3 is 0 Å². The maximum absolute atomic E-state index is 14.0. The van der Waals surface area contributed by atoms with Gasteiger partial charge in [-0.3, -0.25) is 29.3 Å². The van der Waals surface area contributed by atoms with E-state index >= 15 is 0 Å². The van der Waals surface area contributed by atoms with E-state index in [1.807, 2.05) is 44.2 Å². The molecule has 2 aliphatic heterocycles. The Kier molecular flexibility index (Phi) is 7.78. The molecule has 4 amide bonds. The number of hydroxylamine groups is 1. The zero-order chi connectivity index (χ0) is 26.7. The molecular formula is C29H35N3O5. The predicted molar refractivity (Wildman–Crippen MR) is 138 cm³/mol. The van der Waals surface area contributed by atoms with Crippen molar-refractivity contribution in [2.45, 2.75) is 52.5 Å². The van der Waals surface area contributed by atoms with Crippen LogP contribution in [0.1, 0.15) is 66.3 Å². The number of rotatable bonds is 10. The first-order valence-corrected chi connectivity index (χ1v) is 12.9. The molecule has 4 rings (SSSR count). The lowest BCUT2D eigenvalue weighted by molar-refractivity contribution is -0.150. The van der Waals surface area contributed by atoms with Gasteiger partial charge in [-0.25, -0.2) is 5.48 Å². The highest BCUT2D eigenvalue weighted by Gasteiger charge is 2.55. The maximum Gasteiger partial charge on any atom is 0.261 e. The quantitative estimate of drug-likeness (QED) is 0.291. The molecule has 2 heterocycles. The maximum atomic E-state index is 14.0. The van der Waals surface area contributed by atoms with E-state index in [-0.39, 0.29) is 18.2 Å². The van der Waals surface area contributed by atoms with Crippen LogP contribution in [0, 0.1) is 17.3 Å². The molecule has 2 aliphatic rings. The smallest absolute Gasteiger partial charge is 0.261 e. The Morgan fingerprint density at radius 1 is 0.973 bits per heavy atom. The van der Waals surface area contributed by atoms with E-state index in [0.29, 0.717) is 43.5 Å². The second-order valence-corrected chi connectivity index (χ2v) is 10.7. The number of nitrogens with one attached hydrogen (secondary N) is 1. The zero-order valence-electron chi connectivity index (χ0n) is 21.6. The first kappa shape index (κ1) is 26.5. The van der Waals surface area contributed by atoms with Gasteiger partial charge in [0.1, 0.15) is 0 Å². The van der Waals surface area contributed by atoms with Gasteiger partial charge in [-0.15, -0.1) is 0 Å². The van der Waals surface area contributed by atoms with E-state index in [4.69, 9.17) is 0 Å². The third-order valence-electron chi connectivity index (χ3n) is 7.76. The largest absolute Gasteiger partial charge is 0.342 e. The number of carbonyl (C=O) groups is 4. The number of carbonyl (C=O) groups excluding carboxylic acids is 4. The Labute approximate surface area is 217 Å². The molecule has 0 radical (unpaired) electrons. The van der Waals surface area contributed by atoms with Crippen molar-refractivity contribution in [1.29, 1.82) is 0 Å². The number of nitrogens with zero attached hydrogens (tertiary/aromatic N) is 2. The van der Waals surface area contributed by atoms with Crippen LogP contribution < -0.4 is 5.48 Å². The van der Waals surface area contributed by atoms with Crippen molar-refractivity contribution in [1.82, 2.24) is 15.3 Å². The molecule has 0 saturated carbocycles. The molecule has 1 fully saturated rings. The molecule has 196 valence electrons. The molecule has 1 saturated heterocycles. The number of amides is 4. The van der Waals surface area contributed by atoms with Gasteiger partial charge < -0.3 is 4.90 Å². The van der Waals surface area contributed by atoms with E-state index in [9.17, 15) is 24.4 Å². The van der Waals surface area contributed by atoms with Gasteiger partial charge in [0.05, 0.1) is 22.5 Å². The van der Waals surface area contributed by atoms with Crippen molar-refractivity contribution in [2.75, 3.05) is 13.1 Å². The normalized spacial score (nSPS) is 20.9. The molecule has 0 bridgehead atoms. The van der Waals surface area contributed by atoms with Crippen molar-refractivity contribution < 1.29 is 24.4 Å². The molecule has 0 spiro atoms. The van der Waals surface area contributed by atoms with Crippen molar-refractivity contribution in [3.8, 4) is 0 Å². The summed E-state index contributed by atoms with van der Waals surface area (Å²) >= 11 is 0. The minimum Gasteiger partial charge on any atom is -0.342 e. The van der Waals surface area contributed by atoms with E-state index in [2.05, 4.69) is 0 Å². The second-order valence-electron chi connectivity index (χ2n) is 10.7. The molecule has 0 aromatic heterocycles. The molecule has 37 heavy (non-hydrogen) atoms. The summed E-state index contributed by atoms with van der Waals surface area (Å²) in [6.07, 6.45) is 1.70. The summed E-state index contributed by atoms with van der Waals surface area (Å²) in [5.41, 5.74) is 2.53. The molecule has 0 aliphatic carbocycles. The van der Waals surface area contributed by atoms with Gasteiger partial charge in [-0.1, -0.05) is 56.3 Å². The number of benzene rings is 2. The summed E-state index contributed by atoms with van der Waals surface area (Å²) in [5, 5.41) is 9.67. The number of imide groups is 1. The molecule has 2 N–H and O–H groups in total. The van der Waals surface area contributed by atoms with E-state index in [1.165, 1.54) is 4.90 Å². The first-order chi connectivity index (χ1) is 17.7. The summed E-state index contributed by atoms with van der Waals surface area (Å²) in [7, 11) is 0. The zero-order valence-corrected chi connectivity index (χ0v) is 21.6. The van der Waals surface area contributed by atoms with E-state index in [1.54, 1.807) is 41.6 Å². The van der Waals surface area contributed by atoms with Crippen molar-refractivity contribution >= 4 is 23.6 Å². The second kappa shape index (κ2) is 10.8. The SMILES string of the molecule is CC(C)CC1(C(CC(C)N2C(=O)c3ccccc3C2=O)C(=O)NO)CCN(CCc2ccccc2)C1=O. The Balaban J connectivity index is 1.59. The lowest BCUT2D eigenvalue weighted by Crippen LogP contribution is -2.50. The van der Waals surface area contributed by atoms with Crippen LogP contribution in [-0.4, -0.2) is 57.8 Å². The third-order valence-corrected chi connectivity index (χ3v) is 7.76. The van der Waals surface area contributed by atoms with Crippen LogP contribution in [0.5, 0.6) is 0 Å². The Morgan fingerprint density at radius 3 is 2.14 bits per heavy atom. The van der Waals surface area contributed by atoms with Crippen LogP contribution in [0.25, 0.3) is 0 Å². The van der Waals surface area contributed by atoms with E-state index < -0.39 is 35.1 Å². The fourth-order valence-corrected chi connectivity index (χ4v) is 6.08. The standard InChI is InChI=1S/C29H35N3O5/c1-19(2)18-29(14-16-31(28(29)36)15-13-21-9-5-4-6-10-21)24(25(33)30-37)17-20(3)32-26(34)22-11-7-8-12-23(22)27(32)35/h4-12,19-20,24,37H,13-18H2,1-3H3,(H,30,33). The summed E-state index contributed by atoms with van der Waals surface area (Å²) in [6, 6.07) is 15.9. The highest BCUT2D eigenvalue weighted by atomic mass is 16.5. The van der Waals surface area contributed by atoms with Gasteiger partial charge in [-0.2, -0.15) is 0 Å². The van der Waals surface area contributed by atoms with Crippen LogP contribution >= 0.6 is 0 Å². The third kappa shape index (κ3) is 5.03. The van der Waals surface area contributed by atoms with Gasteiger partial charge in [0.15, 0.2) is 0 Å². The average Bonchev–Trinajstić information content (AvgIpc) is 3.34. The van der Waals surface area contributed by atoms with Crippen molar-refractivity contribution in [3.63, 3.8) is 0 Å². The average molecular weight is 506 g/mol. The Hall–Kier alpha value is -3.52. The van der Waals surface area contributed by atoms with Crippen LogP contribution in [0.3, 0.4) is 0 Å². The lowest BCUT2D eigenvalue weighted by Gasteiger charge is -2.38. The van der Waals surface area contributed by atoms with Crippen LogP contribution in [0.2, 0.25) is 0 Å². The monoisotopic (exact) mass is 505 g/mol. The fraction of sp³-hybridized carbons (Fsp3) is 0.448. The topological polar surface area (TPSA) is 107 Å². The number of fused-ring (bicyclic) bond motifs is 1. The number of hydrogen-bond acceptors (Lipinski definition) is 5. The van der Waals surface area contributed by atoms with E-state index in [0.717, 1.165) is 5.56 Å². The molecule has 2 aromatic carbocycles. The summed E-state index contributed by atoms with van der Waals surface area (Å²) < 4.78 is 0. The van der Waals surface area contributed by atoms with Crippen LogP contribution in [0.15, 0.2) is 54.6 Å². The predicted octanol–water partition coefficient (Wildman–Crippen LogP) is 3.69. The molecule has 8 heteroatoms. The lowest BCUT2D eigenvalue weighted by atomic mass is 9.66. The Morgan fingerprint density at radius 2 is 1.57 bits per heavy atom. The molecule has 8 nitrogen and oxygen atoms in total. The first-order valence-electron chi connectivity index (χ1n) is 12.9.